The van der Waals surface area contributed by atoms with Crippen LogP contribution in [0.4, 0.5) is 0 Å². The molecule has 14 heavy (non-hydrogen) atoms. The summed E-state index contributed by atoms with van der Waals surface area (Å²) in [4.78, 5) is 0. The molecule has 0 unspecified atom stereocenters. The third kappa shape index (κ3) is 1.95. The van der Waals surface area contributed by atoms with Crippen molar-refractivity contribution >= 4 is 33.4 Å². The van der Waals surface area contributed by atoms with E-state index in [2.05, 4.69) is 40.6 Å². The van der Waals surface area contributed by atoms with Gasteiger partial charge in [-0.1, -0.05) is 29.7 Å². The topological polar surface area (TPSA) is 0 Å². The average Bonchev–Trinajstić information content (AvgIpc) is 2.17. The van der Waals surface area contributed by atoms with E-state index in [-0.39, 0.29) is 17.1 Å². The average molecular weight is 341 g/mol. The van der Waals surface area contributed by atoms with E-state index >= 15 is 0 Å². The molecule has 0 spiro atoms. The van der Waals surface area contributed by atoms with Gasteiger partial charge < -0.3 is 6.42 Å². The summed E-state index contributed by atoms with van der Waals surface area (Å²) in [6.07, 6.45) is 7.17. The van der Waals surface area contributed by atoms with E-state index in [4.69, 9.17) is 6.42 Å². The molecular weight excluding hydrogens is 335 g/mol. The van der Waals surface area contributed by atoms with Gasteiger partial charge in [-0.2, -0.15) is 0 Å². The van der Waals surface area contributed by atoms with Gasteiger partial charge in [-0.25, -0.2) is 0 Å². The fourth-order valence-electron chi connectivity index (χ4n) is 1.40. The molecule has 0 radical (unpaired) electrons. The van der Waals surface area contributed by atoms with Crippen LogP contribution in [0.15, 0.2) is 36.4 Å². The van der Waals surface area contributed by atoms with Crippen molar-refractivity contribution in [3.05, 3.63) is 52.0 Å². The molecule has 0 saturated carbocycles. The molecule has 2 aromatic rings. The Morgan fingerprint density at radius 3 is 2.36 bits per heavy atom. The summed E-state index contributed by atoms with van der Waals surface area (Å²) in [7, 11) is 0. The van der Waals surface area contributed by atoms with Crippen LogP contribution in [-0.2, 0) is 17.1 Å². The molecule has 72 valence electrons. The zero-order valence-corrected chi connectivity index (χ0v) is 10.2. The predicted octanol–water partition coefficient (Wildman–Crippen LogP) is 3.38. The first-order valence-corrected chi connectivity index (χ1v) is 5.01. The Kier molecular flexibility index (Phi) is 4.00. The van der Waals surface area contributed by atoms with Gasteiger partial charge in [0.05, 0.1) is 0 Å². The number of hydrogen-bond acceptors (Lipinski definition) is 0. The molecule has 0 aliphatic carbocycles. The fraction of sp³-hybridized carbons (Fsp3) is 0. The molecular formula is C12H6CuI. The minimum Gasteiger partial charge on any atom is -0.366 e. The Hall–Kier alpha value is -0.491. The Balaban J connectivity index is 0.000000980. The molecule has 2 aromatic carbocycles. The van der Waals surface area contributed by atoms with Gasteiger partial charge >= 0.3 is 17.1 Å². The van der Waals surface area contributed by atoms with E-state index in [0.29, 0.717) is 0 Å². The molecule has 0 aliphatic rings. The normalized spacial score (nSPS) is 9.14. The molecule has 2 heteroatoms. The number of rotatable bonds is 0. The van der Waals surface area contributed by atoms with Crippen LogP contribution in [0, 0.1) is 15.9 Å². The van der Waals surface area contributed by atoms with Crippen LogP contribution in [0.5, 0.6) is 0 Å². The molecule has 0 saturated heterocycles. The van der Waals surface area contributed by atoms with Crippen molar-refractivity contribution < 1.29 is 17.1 Å². The third-order valence-corrected chi connectivity index (χ3v) is 2.89. The maximum Gasteiger partial charge on any atom is 1.00 e. The quantitative estimate of drug-likeness (QED) is 0.298. The Bertz CT molecular complexity index is 492. The van der Waals surface area contributed by atoms with E-state index in [0.717, 1.165) is 10.9 Å². The minimum atomic E-state index is 0. The van der Waals surface area contributed by atoms with E-state index in [1.165, 1.54) is 8.96 Å². The molecule has 0 aromatic heterocycles. The summed E-state index contributed by atoms with van der Waals surface area (Å²) in [5.41, 5.74) is 0.863. The first-order valence-electron chi connectivity index (χ1n) is 3.93. The molecule has 2 rings (SSSR count). The van der Waals surface area contributed by atoms with Crippen molar-refractivity contribution in [1.29, 1.82) is 0 Å². The minimum absolute atomic E-state index is 0. The van der Waals surface area contributed by atoms with Gasteiger partial charge in [0.15, 0.2) is 0 Å². The van der Waals surface area contributed by atoms with Gasteiger partial charge in [-0.3, -0.25) is 5.92 Å². The summed E-state index contributed by atoms with van der Waals surface area (Å²) in [5.74, 6) is 2.46. The molecule has 0 heterocycles. The van der Waals surface area contributed by atoms with E-state index < -0.39 is 0 Å². The summed E-state index contributed by atoms with van der Waals surface area (Å²) >= 11 is 2.28. The number of fused-ring (bicyclic) bond motifs is 1. The largest absolute Gasteiger partial charge is 1.00 e. The maximum atomic E-state index is 7.17. The first kappa shape index (κ1) is 11.6. The van der Waals surface area contributed by atoms with Crippen LogP contribution < -0.4 is 0 Å². The summed E-state index contributed by atoms with van der Waals surface area (Å²) in [6, 6.07) is 12.0. The Morgan fingerprint density at radius 2 is 1.71 bits per heavy atom. The van der Waals surface area contributed by atoms with Crippen molar-refractivity contribution in [3.8, 4) is 5.92 Å². The third-order valence-electron chi connectivity index (χ3n) is 1.99. The maximum absolute atomic E-state index is 7.17. The van der Waals surface area contributed by atoms with Crippen LogP contribution in [0.25, 0.3) is 10.8 Å². The zero-order chi connectivity index (χ0) is 9.26. The van der Waals surface area contributed by atoms with Gasteiger partial charge in [-0.15, -0.1) is 11.6 Å². The number of halogens is 1. The van der Waals surface area contributed by atoms with Crippen LogP contribution in [0.2, 0.25) is 0 Å². The van der Waals surface area contributed by atoms with Crippen molar-refractivity contribution in [2.45, 2.75) is 0 Å². The molecule has 0 fully saturated rings. The monoisotopic (exact) mass is 340 g/mol. The summed E-state index contributed by atoms with van der Waals surface area (Å²) in [5, 5.41) is 2.30. The smallest absolute Gasteiger partial charge is 0.366 e. The Morgan fingerprint density at radius 1 is 1.07 bits per heavy atom. The Labute approximate surface area is 108 Å². The molecule has 0 atom stereocenters. The standard InChI is InChI=1S/C12H6I.Cu/c1-2-9-5-3-6-10-7-4-8-11(13)12(9)10;/h3-8H;/q-1;+1. The molecule has 0 N–H and O–H groups in total. The zero-order valence-electron chi connectivity index (χ0n) is 7.14. The van der Waals surface area contributed by atoms with Crippen molar-refractivity contribution in [3.63, 3.8) is 0 Å². The van der Waals surface area contributed by atoms with Gasteiger partial charge in [0.25, 0.3) is 0 Å². The second kappa shape index (κ2) is 4.84. The van der Waals surface area contributed by atoms with Crippen molar-refractivity contribution in [1.82, 2.24) is 0 Å². The van der Waals surface area contributed by atoms with E-state index in [9.17, 15) is 0 Å². The van der Waals surface area contributed by atoms with Gasteiger partial charge in [0.1, 0.15) is 0 Å². The molecule has 0 nitrogen and oxygen atoms in total. The second-order valence-corrected chi connectivity index (χ2v) is 3.93. The summed E-state index contributed by atoms with van der Waals surface area (Å²) in [6.45, 7) is 0. The number of hydrogen-bond donors (Lipinski definition) is 0. The molecule has 0 amide bonds. The van der Waals surface area contributed by atoms with Gasteiger partial charge in [0, 0.05) is 3.57 Å². The van der Waals surface area contributed by atoms with Gasteiger partial charge in [0.2, 0.25) is 0 Å². The van der Waals surface area contributed by atoms with Crippen LogP contribution in [-0.4, -0.2) is 0 Å². The number of benzene rings is 2. The fourth-order valence-corrected chi connectivity index (χ4v) is 2.21. The van der Waals surface area contributed by atoms with Crippen molar-refractivity contribution in [2.24, 2.45) is 0 Å². The van der Waals surface area contributed by atoms with Crippen LogP contribution >= 0.6 is 22.6 Å². The predicted molar refractivity (Wildman–Crippen MR) is 62.9 cm³/mol. The molecule has 0 aliphatic heterocycles. The van der Waals surface area contributed by atoms with Gasteiger partial charge in [-0.05, 0) is 34.0 Å². The second-order valence-electron chi connectivity index (χ2n) is 2.77. The van der Waals surface area contributed by atoms with E-state index in [1.54, 1.807) is 0 Å². The summed E-state index contributed by atoms with van der Waals surface area (Å²) < 4.78 is 1.17. The van der Waals surface area contributed by atoms with Crippen LogP contribution in [0.1, 0.15) is 5.56 Å². The van der Waals surface area contributed by atoms with Crippen LogP contribution in [0.3, 0.4) is 0 Å². The van der Waals surface area contributed by atoms with E-state index in [1.807, 2.05) is 24.3 Å². The SMILES string of the molecule is [C-]#Cc1cccc2cccc(I)c12.[Cu+]. The van der Waals surface area contributed by atoms with Crippen molar-refractivity contribution in [2.75, 3.05) is 0 Å². The molecule has 0 bridgehead atoms. The first-order chi connectivity index (χ1) is 6.33.